The van der Waals surface area contributed by atoms with Crippen LogP contribution in [0.25, 0.3) is 0 Å². The number of hydrogen-bond acceptors (Lipinski definition) is 5. The molecule has 0 aromatic heterocycles. The molecule has 4 nitrogen and oxygen atoms in total. The first-order chi connectivity index (χ1) is 6.65. The molecule has 0 N–H and O–H groups in total. The zero-order chi connectivity index (χ0) is 10.7. The Kier molecular flexibility index (Phi) is 4.66. The van der Waals surface area contributed by atoms with Crippen LogP contribution in [0.15, 0.2) is 0 Å². The summed E-state index contributed by atoms with van der Waals surface area (Å²) in [6.07, 6.45) is -0.507. The smallest absolute Gasteiger partial charge is 0.129 e. The van der Waals surface area contributed by atoms with Gasteiger partial charge in [-0.1, -0.05) is 0 Å². The Morgan fingerprint density at radius 3 is 1.86 bits per heavy atom. The van der Waals surface area contributed by atoms with Crippen LogP contribution < -0.4 is 0 Å². The number of hydrogen-bond donors (Lipinski definition) is 1. The predicted octanol–water partition coefficient (Wildman–Crippen LogP) is 0.706. The molecule has 5 atom stereocenters. The van der Waals surface area contributed by atoms with Crippen LogP contribution in [0.3, 0.4) is 0 Å². The Balaban J connectivity index is 2.76. The highest BCUT2D eigenvalue weighted by Crippen LogP contribution is 2.28. The van der Waals surface area contributed by atoms with E-state index in [0.29, 0.717) is 0 Å². The molecular formula is C9H18O4S. The molecule has 84 valence electrons. The van der Waals surface area contributed by atoms with Crippen LogP contribution in [0, 0.1) is 0 Å². The largest absolute Gasteiger partial charge is 0.376 e. The first-order valence-electron chi connectivity index (χ1n) is 4.57. The summed E-state index contributed by atoms with van der Waals surface area (Å²) in [5.74, 6) is 0. The number of thiol groups is 1. The van der Waals surface area contributed by atoms with Crippen molar-refractivity contribution in [2.75, 3.05) is 21.3 Å². The van der Waals surface area contributed by atoms with Gasteiger partial charge in [-0.3, -0.25) is 0 Å². The van der Waals surface area contributed by atoms with Gasteiger partial charge in [-0.25, -0.2) is 0 Å². The number of ether oxygens (including phenoxy) is 4. The van der Waals surface area contributed by atoms with Crippen LogP contribution in [0.1, 0.15) is 6.92 Å². The molecule has 5 unspecified atom stereocenters. The van der Waals surface area contributed by atoms with Gasteiger partial charge in [0.15, 0.2) is 0 Å². The Labute approximate surface area is 90.3 Å². The van der Waals surface area contributed by atoms with E-state index in [-0.39, 0.29) is 29.9 Å². The maximum Gasteiger partial charge on any atom is 0.129 e. The summed E-state index contributed by atoms with van der Waals surface area (Å²) in [6.45, 7) is 1.94. The molecule has 0 bridgehead atoms. The lowest BCUT2D eigenvalue weighted by Crippen LogP contribution is -2.57. The average Bonchev–Trinajstić information content (AvgIpc) is 2.16. The van der Waals surface area contributed by atoms with Crippen molar-refractivity contribution in [1.82, 2.24) is 0 Å². The highest BCUT2D eigenvalue weighted by atomic mass is 32.1. The van der Waals surface area contributed by atoms with Gasteiger partial charge in [-0.15, -0.1) is 12.6 Å². The van der Waals surface area contributed by atoms with Crippen molar-refractivity contribution in [2.45, 2.75) is 36.8 Å². The standard InChI is InChI=1S/C9H18O4S/c1-5-6(10-2)7(11-3)8(12-4)9(14)13-5/h5-9,14H,1-4H3. The summed E-state index contributed by atoms with van der Waals surface area (Å²) in [5, 5.41) is 0. The molecule has 5 heteroatoms. The van der Waals surface area contributed by atoms with Crippen molar-refractivity contribution in [3.05, 3.63) is 0 Å². The lowest BCUT2D eigenvalue weighted by atomic mass is 10.0. The van der Waals surface area contributed by atoms with Crippen molar-refractivity contribution in [3.8, 4) is 0 Å². The molecule has 0 spiro atoms. The van der Waals surface area contributed by atoms with E-state index in [9.17, 15) is 0 Å². The molecule has 1 aliphatic heterocycles. The van der Waals surface area contributed by atoms with E-state index in [1.54, 1.807) is 21.3 Å². The van der Waals surface area contributed by atoms with E-state index in [2.05, 4.69) is 12.6 Å². The third-order valence-electron chi connectivity index (χ3n) is 2.56. The summed E-state index contributed by atoms with van der Waals surface area (Å²) in [7, 11) is 4.90. The molecule has 0 amide bonds. The molecule has 1 saturated heterocycles. The van der Waals surface area contributed by atoms with E-state index >= 15 is 0 Å². The average molecular weight is 222 g/mol. The molecular weight excluding hydrogens is 204 g/mol. The molecule has 0 aliphatic carbocycles. The Morgan fingerprint density at radius 1 is 0.929 bits per heavy atom. The quantitative estimate of drug-likeness (QED) is 0.713. The van der Waals surface area contributed by atoms with Gasteiger partial charge in [0.1, 0.15) is 23.7 Å². The topological polar surface area (TPSA) is 36.9 Å². The molecule has 0 radical (unpaired) electrons. The first-order valence-corrected chi connectivity index (χ1v) is 5.09. The van der Waals surface area contributed by atoms with Gasteiger partial charge in [0.25, 0.3) is 0 Å². The van der Waals surface area contributed by atoms with E-state index in [4.69, 9.17) is 18.9 Å². The molecule has 1 rings (SSSR count). The van der Waals surface area contributed by atoms with Gasteiger partial charge < -0.3 is 18.9 Å². The van der Waals surface area contributed by atoms with Gasteiger partial charge >= 0.3 is 0 Å². The van der Waals surface area contributed by atoms with Crippen LogP contribution in [0.2, 0.25) is 0 Å². The lowest BCUT2D eigenvalue weighted by Gasteiger charge is -2.42. The second-order valence-electron chi connectivity index (χ2n) is 3.33. The fourth-order valence-corrected chi connectivity index (χ4v) is 2.32. The van der Waals surface area contributed by atoms with Gasteiger partial charge in [0.05, 0.1) is 6.10 Å². The fraction of sp³-hybridized carbons (Fsp3) is 1.00. The molecule has 14 heavy (non-hydrogen) atoms. The molecule has 0 aromatic rings. The third-order valence-corrected chi connectivity index (χ3v) is 2.98. The van der Waals surface area contributed by atoms with Crippen molar-refractivity contribution < 1.29 is 18.9 Å². The second kappa shape index (κ2) is 5.32. The maximum atomic E-state index is 5.56. The Morgan fingerprint density at radius 2 is 1.43 bits per heavy atom. The molecule has 0 aromatic carbocycles. The van der Waals surface area contributed by atoms with Gasteiger partial charge in [-0.2, -0.15) is 0 Å². The van der Waals surface area contributed by atoms with Crippen molar-refractivity contribution in [3.63, 3.8) is 0 Å². The first kappa shape index (κ1) is 12.3. The summed E-state index contributed by atoms with van der Waals surface area (Å²) >= 11 is 4.31. The highest BCUT2D eigenvalue weighted by molar-refractivity contribution is 7.80. The van der Waals surface area contributed by atoms with Crippen molar-refractivity contribution in [1.29, 1.82) is 0 Å². The van der Waals surface area contributed by atoms with Crippen LogP contribution >= 0.6 is 12.6 Å². The zero-order valence-corrected chi connectivity index (χ0v) is 9.86. The second-order valence-corrected chi connectivity index (χ2v) is 3.84. The van der Waals surface area contributed by atoms with E-state index in [0.717, 1.165) is 0 Å². The van der Waals surface area contributed by atoms with E-state index < -0.39 is 0 Å². The SMILES string of the molecule is COC1C(C)OC(S)C(OC)C1OC. The van der Waals surface area contributed by atoms with Gasteiger partial charge in [0.2, 0.25) is 0 Å². The molecule has 1 fully saturated rings. The van der Waals surface area contributed by atoms with Gasteiger partial charge in [-0.05, 0) is 6.92 Å². The predicted molar refractivity (Wildman–Crippen MR) is 55.7 cm³/mol. The molecule has 0 saturated carbocycles. The summed E-state index contributed by atoms with van der Waals surface area (Å²) in [5.41, 5.74) is -0.272. The third kappa shape index (κ3) is 2.23. The minimum absolute atomic E-state index is 0.0427. The summed E-state index contributed by atoms with van der Waals surface area (Å²) in [6, 6.07) is 0. The van der Waals surface area contributed by atoms with Crippen LogP contribution in [-0.4, -0.2) is 51.2 Å². The van der Waals surface area contributed by atoms with Crippen LogP contribution in [0.5, 0.6) is 0 Å². The number of rotatable bonds is 3. The monoisotopic (exact) mass is 222 g/mol. The van der Waals surface area contributed by atoms with E-state index in [1.807, 2.05) is 6.92 Å². The van der Waals surface area contributed by atoms with Crippen LogP contribution in [0.4, 0.5) is 0 Å². The van der Waals surface area contributed by atoms with Crippen molar-refractivity contribution >= 4 is 12.6 Å². The Bertz CT molecular complexity index is 162. The highest BCUT2D eigenvalue weighted by Gasteiger charge is 2.43. The zero-order valence-electron chi connectivity index (χ0n) is 8.97. The fourth-order valence-electron chi connectivity index (χ4n) is 1.84. The summed E-state index contributed by atoms with van der Waals surface area (Å²) < 4.78 is 21.5. The van der Waals surface area contributed by atoms with E-state index in [1.165, 1.54) is 0 Å². The van der Waals surface area contributed by atoms with Crippen LogP contribution in [-0.2, 0) is 18.9 Å². The minimum atomic E-state index is -0.272. The normalized spacial score (nSPS) is 43.9. The number of methoxy groups -OCH3 is 3. The van der Waals surface area contributed by atoms with Gasteiger partial charge in [0, 0.05) is 21.3 Å². The molecule has 1 heterocycles. The lowest BCUT2D eigenvalue weighted by molar-refractivity contribution is -0.215. The van der Waals surface area contributed by atoms with Crippen molar-refractivity contribution in [2.24, 2.45) is 0 Å². The Hall–Kier alpha value is 0.190. The minimum Gasteiger partial charge on any atom is -0.376 e. The summed E-state index contributed by atoms with van der Waals surface area (Å²) in [4.78, 5) is 0. The molecule has 1 aliphatic rings. The maximum absolute atomic E-state index is 5.56.